The lowest BCUT2D eigenvalue weighted by atomic mass is 9.72. The van der Waals surface area contributed by atoms with Crippen LogP contribution in [0.1, 0.15) is 25.3 Å². The van der Waals surface area contributed by atoms with Crippen LogP contribution in [0.5, 0.6) is 0 Å². The zero-order valence-corrected chi connectivity index (χ0v) is 14.0. The molecular weight excluding hydrogens is 377 g/mol. The summed E-state index contributed by atoms with van der Waals surface area (Å²) in [5.74, 6) is -4.23. The SMILES string of the molecule is CC1(c2cc(Br)ccc2F)N=C(N)OC2(CCOCC2)C1(F)F. The number of amidine groups is 1. The molecule has 2 aliphatic heterocycles. The summed E-state index contributed by atoms with van der Waals surface area (Å²) in [6.45, 7) is 1.43. The van der Waals surface area contributed by atoms with Crippen molar-refractivity contribution in [3.63, 3.8) is 0 Å². The Labute approximate surface area is 140 Å². The van der Waals surface area contributed by atoms with Crippen LogP contribution in [0.15, 0.2) is 27.7 Å². The Morgan fingerprint density at radius 2 is 1.91 bits per heavy atom. The van der Waals surface area contributed by atoms with E-state index in [-0.39, 0.29) is 37.6 Å². The number of aliphatic imine (C=N–C) groups is 1. The summed E-state index contributed by atoms with van der Waals surface area (Å²) in [6.07, 6.45) is -0.0805. The standard InChI is InChI=1S/C15H16BrF3N2O2/c1-13(10-8-9(16)2-3-11(10)17)15(18,19)14(23-12(20)21-13)4-6-22-7-5-14/h2-3,8H,4-7H2,1H3,(H2,20,21). The highest BCUT2D eigenvalue weighted by atomic mass is 79.9. The van der Waals surface area contributed by atoms with Crippen LogP contribution in [0.3, 0.4) is 0 Å². The summed E-state index contributed by atoms with van der Waals surface area (Å²) in [5, 5.41) is 0. The van der Waals surface area contributed by atoms with Crippen LogP contribution in [-0.2, 0) is 15.0 Å². The zero-order chi connectivity index (χ0) is 16.9. The van der Waals surface area contributed by atoms with Crippen molar-refractivity contribution in [1.29, 1.82) is 0 Å². The normalized spacial score (nSPS) is 29.0. The minimum Gasteiger partial charge on any atom is -0.452 e. The van der Waals surface area contributed by atoms with E-state index in [9.17, 15) is 4.39 Å². The molecule has 0 aromatic heterocycles. The molecule has 0 aliphatic carbocycles. The molecule has 3 rings (SSSR count). The van der Waals surface area contributed by atoms with E-state index in [1.807, 2.05) is 0 Å². The van der Waals surface area contributed by atoms with Gasteiger partial charge in [0.15, 0.2) is 11.1 Å². The molecular formula is C15H16BrF3N2O2. The number of hydrogen-bond acceptors (Lipinski definition) is 4. The second kappa shape index (κ2) is 5.37. The molecule has 0 bridgehead atoms. The van der Waals surface area contributed by atoms with E-state index in [1.165, 1.54) is 19.1 Å². The van der Waals surface area contributed by atoms with Gasteiger partial charge in [-0.25, -0.2) is 9.38 Å². The van der Waals surface area contributed by atoms with Crippen molar-refractivity contribution in [1.82, 2.24) is 0 Å². The quantitative estimate of drug-likeness (QED) is 0.797. The van der Waals surface area contributed by atoms with Gasteiger partial charge in [-0.3, -0.25) is 0 Å². The number of nitrogens with two attached hydrogens (primary N) is 1. The number of ether oxygens (including phenoxy) is 2. The third-order valence-corrected chi connectivity index (χ3v) is 5.06. The summed E-state index contributed by atoms with van der Waals surface area (Å²) >= 11 is 3.18. The molecule has 1 aromatic rings. The Hall–Kier alpha value is -1.28. The molecule has 2 N–H and O–H groups in total. The first-order valence-corrected chi connectivity index (χ1v) is 7.97. The predicted octanol–water partition coefficient (Wildman–Crippen LogP) is 3.33. The molecule has 1 fully saturated rings. The van der Waals surface area contributed by atoms with Crippen molar-refractivity contribution in [2.24, 2.45) is 10.7 Å². The molecule has 1 saturated heterocycles. The van der Waals surface area contributed by atoms with Crippen LogP contribution in [0.4, 0.5) is 13.2 Å². The molecule has 4 nitrogen and oxygen atoms in total. The molecule has 0 saturated carbocycles. The van der Waals surface area contributed by atoms with Gasteiger partial charge in [0.1, 0.15) is 5.82 Å². The minimum absolute atomic E-state index is 0.0402. The Kier molecular flexibility index (Phi) is 3.87. The fourth-order valence-corrected chi connectivity index (χ4v) is 3.60. The molecule has 2 aliphatic rings. The zero-order valence-electron chi connectivity index (χ0n) is 12.4. The van der Waals surface area contributed by atoms with E-state index in [4.69, 9.17) is 15.2 Å². The smallest absolute Gasteiger partial charge is 0.315 e. The van der Waals surface area contributed by atoms with Gasteiger partial charge in [-0.1, -0.05) is 15.9 Å². The lowest BCUT2D eigenvalue weighted by Crippen LogP contribution is -2.66. The van der Waals surface area contributed by atoms with Crippen molar-refractivity contribution in [3.8, 4) is 0 Å². The molecule has 2 heterocycles. The average Bonchev–Trinajstić information content (AvgIpc) is 2.48. The number of nitrogens with zero attached hydrogens (tertiary/aromatic N) is 1. The molecule has 1 spiro atoms. The number of halogens is 4. The highest BCUT2D eigenvalue weighted by Gasteiger charge is 2.70. The molecule has 0 radical (unpaired) electrons. The van der Waals surface area contributed by atoms with Gasteiger partial charge < -0.3 is 15.2 Å². The van der Waals surface area contributed by atoms with Crippen molar-refractivity contribution in [2.45, 2.75) is 36.8 Å². The predicted molar refractivity (Wildman–Crippen MR) is 81.9 cm³/mol. The van der Waals surface area contributed by atoms with Crippen LogP contribution in [-0.4, -0.2) is 30.8 Å². The molecule has 23 heavy (non-hydrogen) atoms. The van der Waals surface area contributed by atoms with Crippen molar-refractivity contribution in [2.75, 3.05) is 13.2 Å². The molecule has 0 amide bonds. The molecule has 1 aromatic carbocycles. The monoisotopic (exact) mass is 392 g/mol. The lowest BCUT2D eigenvalue weighted by molar-refractivity contribution is -0.247. The van der Waals surface area contributed by atoms with E-state index in [0.717, 1.165) is 6.07 Å². The van der Waals surface area contributed by atoms with E-state index in [1.54, 1.807) is 0 Å². The lowest BCUT2D eigenvalue weighted by Gasteiger charge is -2.51. The van der Waals surface area contributed by atoms with Gasteiger partial charge in [-0.15, -0.1) is 0 Å². The Balaban J connectivity index is 2.20. The van der Waals surface area contributed by atoms with Gasteiger partial charge >= 0.3 is 5.92 Å². The molecule has 126 valence electrons. The van der Waals surface area contributed by atoms with Gasteiger partial charge in [0.25, 0.3) is 6.02 Å². The minimum atomic E-state index is -3.46. The summed E-state index contributed by atoms with van der Waals surface area (Å²) in [4.78, 5) is 3.81. The first kappa shape index (κ1) is 16.6. The highest BCUT2D eigenvalue weighted by molar-refractivity contribution is 9.10. The van der Waals surface area contributed by atoms with Crippen LogP contribution >= 0.6 is 15.9 Å². The summed E-state index contributed by atoms with van der Waals surface area (Å²) in [6, 6.07) is 3.51. The van der Waals surface area contributed by atoms with E-state index in [0.29, 0.717) is 4.47 Å². The van der Waals surface area contributed by atoms with Crippen molar-refractivity contribution >= 4 is 22.0 Å². The molecule has 1 atom stereocenters. The van der Waals surface area contributed by atoms with Gasteiger partial charge in [0.05, 0.1) is 13.2 Å². The second-order valence-electron chi connectivity index (χ2n) is 5.93. The van der Waals surface area contributed by atoms with Crippen molar-refractivity contribution < 1.29 is 22.6 Å². The third-order valence-electron chi connectivity index (χ3n) is 4.57. The number of rotatable bonds is 1. The topological polar surface area (TPSA) is 56.8 Å². The van der Waals surface area contributed by atoms with Crippen LogP contribution in [0, 0.1) is 5.82 Å². The summed E-state index contributed by atoms with van der Waals surface area (Å²) in [5.41, 5.74) is 1.44. The highest BCUT2D eigenvalue weighted by Crippen LogP contribution is 2.55. The van der Waals surface area contributed by atoms with E-state index < -0.39 is 22.9 Å². The number of hydrogen-bond donors (Lipinski definition) is 1. The van der Waals surface area contributed by atoms with Crippen LogP contribution in [0.2, 0.25) is 0 Å². The average molecular weight is 393 g/mol. The van der Waals surface area contributed by atoms with Crippen molar-refractivity contribution in [3.05, 3.63) is 34.1 Å². The van der Waals surface area contributed by atoms with Gasteiger partial charge in [0.2, 0.25) is 0 Å². The van der Waals surface area contributed by atoms with E-state index in [2.05, 4.69) is 20.9 Å². The molecule has 8 heteroatoms. The fourth-order valence-electron chi connectivity index (χ4n) is 3.24. The summed E-state index contributed by atoms with van der Waals surface area (Å²) in [7, 11) is 0. The van der Waals surface area contributed by atoms with Gasteiger partial charge in [-0.2, -0.15) is 8.78 Å². The Bertz CT molecular complexity index is 662. The maximum atomic E-state index is 15.4. The van der Waals surface area contributed by atoms with Crippen LogP contribution in [0.25, 0.3) is 0 Å². The molecule has 1 unspecified atom stereocenters. The third kappa shape index (κ3) is 2.34. The first-order chi connectivity index (χ1) is 10.7. The maximum Gasteiger partial charge on any atom is 0.315 e. The largest absolute Gasteiger partial charge is 0.452 e. The fraction of sp³-hybridized carbons (Fsp3) is 0.533. The Morgan fingerprint density at radius 3 is 2.57 bits per heavy atom. The second-order valence-corrected chi connectivity index (χ2v) is 6.85. The maximum absolute atomic E-state index is 15.4. The summed E-state index contributed by atoms with van der Waals surface area (Å²) < 4.78 is 56.1. The Morgan fingerprint density at radius 1 is 1.26 bits per heavy atom. The van der Waals surface area contributed by atoms with Gasteiger partial charge in [0, 0.05) is 22.9 Å². The number of alkyl halides is 2. The first-order valence-electron chi connectivity index (χ1n) is 7.17. The number of benzene rings is 1. The van der Waals surface area contributed by atoms with Crippen LogP contribution < -0.4 is 5.73 Å². The van der Waals surface area contributed by atoms with Gasteiger partial charge in [-0.05, 0) is 25.1 Å². The van der Waals surface area contributed by atoms with E-state index >= 15 is 8.78 Å².